The highest BCUT2D eigenvalue weighted by atomic mass is 79.9. The monoisotopic (exact) mass is 1200 g/mol. The molecule has 22 nitrogen and oxygen atoms in total. The third-order valence-electron chi connectivity index (χ3n) is 12.8. The molecule has 4 aliphatic heterocycles. The minimum atomic E-state index is -1.61. The van der Waals surface area contributed by atoms with Crippen LogP contribution in [0.3, 0.4) is 0 Å². The molecule has 0 radical (unpaired) electrons. The number of urea groups is 2. The zero-order valence-corrected chi connectivity index (χ0v) is 45.6. The maximum Gasteiger partial charge on any atom is 0.340 e. The van der Waals surface area contributed by atoms with Crippen molar-refractivity contribution in [3.63, 3.8) is 0 Å². The lowest BCUT2D eigenvalue weighted by Gasteiger charge is -2.26. The first-order chi connectivity index (χ1) is 37.6. The Morgan fingerprint density at radius 1 is 0.646 bits per heavy atom. The van der Waals surface area contributed by atoms with E-state index in [0.717, 1.165) is 26.5 Å². The number of aromatic nitrogens is 4. The van der Waals surface area contributed by atoms with Crippen molar-refractivity contribution >= 4 is 95.3 Å². The molecule has 5 aromatic carbocycles. The van der Waals surface area contributed by atoms with Crippen LogP contribution in [0.15, 0.2) is 110 Å². The molecule has 11 rings (SSSR count). The molecule has 79 heavy (non-hydrogen) atoms. The highest BCUT2D eigenvalue weighted by Crippen LogP contribution is 2.30. The summed E-state index contributed by atoms with van der Waals surface area (Å²) in [5, 5.41) is 15.9. The molecule has 6 N–H and O–H groups in total. The van der Waals surface area contributed by atoms with E-state index in [0.29, 0.717) is 50.1 Å². The van der Waals surface area contributed by atoms with Crippen LogP contribution in [-0.4, -0.2) is 117 Å². The van der Waals surface area contributed by atoms with Gasteiger partial charge in [0.05, 0.1) is 61.8 Å². The molecular formula is C54H45Br2FN10O12. The fourth-order valence-electron chi connectivity index (χ4n) is 8.79. The SMILES string of the molecule is C#C[C@]1(CN2Cc3ccc(OC)cc3C2=O)NC(=O)NC1=O.COC(=O)c1ccc(Br)cc1F.COc1ccc2c(c1)C(=O)N(C[C@@]1(C#Cc3ccc4c(=O)[nH]n(C)c4c3)NC(=O)NC1=O)C2.Cn1[nH]c(=O)c2ccc(Br)cc21. The highest BCUT2D eigenvalue weighted by molar-refractivity contribution is 9.10. The summed E-state index contributed by atoms with van der Waals surface area (Å²) in [6.07, 6.45) is 5.41. The molecule has 0 unspecified atom stereocenters. The van der Waals surface area contributed by atoms with Gasteiger partial charge in [-0.05, 0) is 90.0 Å². The van der Waals surface area contributed by atoms with E-state index in [9.17, 15) is 47.5 Å². The van der Waals surface area contributed by atoms with E-state index >= 15 is 0 Å². The Labute approximate surface area is 464 Å². The minimum Gasteiger partial charge on any atom is -0.497 e. The van der Waals surface area contributed by atoms with Gasteiger partial charge in [0.25, 0.3) is 34.7 Å². The number of aromatic amines is 2. The largest absolute Gasteiger partial charge is 0.497 e. The number of amides is 8. The van der Waals surface area contributed by atoms with Gasteiger partial charge in [-0.15, -0.1) is 6.42 Å². The lowest BCUT2D eigenvalue weighted by Crippen LogP contribution is -2.54. The van der Waals surface area contributed by atoms with Crippen molar-refractivity contribution < 1.29 is 52.2 Å². The average molecular weight is 1200 g/mol. The van der Waals surface area contributed by atoms with Crippen molar-refractivity contribution in [1.29, 1.82) is 0 Å². The molecule has 6 heterocycles. The number of carbonyl (C=O) groups is 7. The summed E-state index contributed by atoms with van der Waals surface area (Å²) in [4.78, 5) is 110. The topological polar surface area (TPSA) is 277 Å². The molecule has 0 aliphatic carbocycles. The van der Waals surface area contributed by atoms with Gasteiger partial charge < -0.3 is 34.6 Å². The smallest absolute Gasteiger partial charge is 0.340 e. The number of nitrogens with zero attached hydrogens (tertiary/aromatic N) is 4. The van der Waals surface area contributed by atoms with Crippen molar-refractivity contribution in [3.05, 3.63) is 160 Å². The molecular weight excluding hydrogens is 1160 g/mol. The number of H-pyrrole nitrogens is 2. The van der Waals surface area contributed by atoms with Crippen molar-refractivity contribution in [2.45, 2.75) is 24.2 Å². The molecule has 2 atom stereocenters. The molecule has 0 spiro atoms. The van der Waals surface area contributed by atoms with Crippen LogP contribution in [0.5, 0.6) is 11.5 Å². The number of aryl methyl sites for hydroxylation is 2. The van der Waals surface area contributed by atoms with Crippen LogP contribution in [0.2, 0.25) is 0 Å². The summed E-state index contributed by atoms with van der Waals surface area (Å²) >= 11 is 6.42. The van der Waals surface area contributed by atoms with Gasteiger partial charge in [-0.1, -0.05) is 61.8 Å². The summed E-state index contributed by atoms with van der Waals surface area (Å²) < 4.78 is 32.5. The summed E-state index contributed by atoms with van der Waals surface area (Å²) in [6.45, 7) is 0.391. The van der Waals surface area contributed by atoms with Gasteiger partial charge in [-0.3, -0.25) is 59.0 Å². The standard InChI is InChI=1S/C23H19N5O5.C15H13N3O4.C8H6BrFO2.C8H7BrN2O/c1-27-18-9-13(3-6-16(18)19(29)26-27)7-8-23(21(31)24-22(32)25-23)12-28-11-14-4-5-15(33-2)10-17(14)20(28)30;1-3-15(13(20)16-14(21)17-15)8-18-7-9-4-5-10(22-2)6-11(9)12(18)19;1-12-8(11)6-3-2-5(9)4-7(6)10;1-11-7-4-5(9)2-3-6(7)8(12)10-11/h3-6,9-10H,11-12H2,1-2H3,(H,26,29)(H2,24,25,31,32);1,4-6H,7-8H2,2H3,(H2,16,17,20,21);2-4H,1H3;2-4H,1H3,(H,10,12)/t23-;15-;;/m11../s1. The van der Waals surface area contributed by atoms with E-state index in [1.54, 1.807) is 83.1 Å². The minimum absolute atomic E-state index is 0.0417. The highest BCUT2D eigenvalue weighted by Gasteiger charge is 2.49. The predicted octanol–water partition coefficient (Wildman–Crippen LogP) is 4.33. The molecule has 7 aromatic rings. The first kappa shape index (κ1) is 55.8. The lowest BCUT2D eigenvalue weighted by atomic mass is 9.99. The number of halogens is 3. The van der Waals surface area contributed by atoms with Crippen molar-refractivity contribution in [1.82, 2.24) is 50.6 Å². The van der Waals surface area contributed by atoms with Crippen molar-refractivity contribution in [2.75, 3.05) is 34.4 Å². The number of esters is 1. The number of methoxy groups -OCH3 is 3. The molecule has 2 fully saturated rings. The average Bonchev–Trinajstić information content (AvgIpc) is 4.26. The molecule has 0 saturated carbocycles. The number of hydrogen-bond donors (Lipinski definition) is 6. The molecule has 2 aromatic heterocycles. The Morgan fingerprint density at radius 2 is 1.13 bits per heavy atom. The Kier molecular flexibility index (Phi) is 16.0. The molecule has 25 heteroatoms. The fourth-order valence-corrected chi connectivity index (χ4v) is 9.47. The second-order valence-electron chi connectivity index (χ2n) is 17.9. The number of terminal acetylenes is 1. The van der Waals surface area contributed by atoms with Crippen molar-refractivity contribution in [2.24, 2.45) is 14.1 Å². The van der Waals surface area contributed by atoms with Crippen LogP contribution in [0.25, 0.3) is 21.8 Å². The third-order valence-corrected chi connectivity index (χ3v) is 13.8. The number of imide groups is 2. The third kappa shape index (κ3) is 11.5. The van der Waals surface area contributed by atoms with Gasteiger partial charge in [-0.2, -0.15) is 0 Å². The second kappa shape index (κ2) is 22.6. The van der Waals surface area contributed by atoms with Gasteiger partial charge in [0.15, 0.2) is 5.54 Å². The number of hydrogen-bond acceptors (Lipinski definition) is 12. The number of carbonyl (C=O) groups excluding carboxylic acids is 7. The Bertz CT molecular complexity index is 3940. The molecule has 0 bridgehead atoms. The van der Waals surface area contributed by atoms with Crippen LogP contribution in [0.1, 0.15) is 47.8 Å². The van der Waals surface area contributed by atoms with E-state index in [1.165, 1.54) is 43.3 Å². The molecule has 2 saturated heterocycles. The van der Waals surface area contributed by atoms with Crippen LogP contribution in [0, 0.1) is 30.0 Å². The maximum atomic E-state index is 13.0. The van der Waals surface area contributed by atoms with Crippen LogP contribution in [0.4, 0.5) is 14.0 Å². The Hall–Kier alpha value is -9.46. The Balaban J connectivity index is 0.000000153. The fraction of sp³-hybridized carbons (Fsp3) is 0.204. The summed E-state index contributed by atoms with van der Waals surface area (Å²) in [7, 11) is 7.77. The number of benzene rings is 5. The summed E-state index contributed by atoms with van der Waals surface area (Å²) in [6, 6.07) is 23.8. The van der Waals surface area contributed by atoms with E-state index in [4.69, 9.17) is 15.9 Å². The molecule has 8 amide bonds. The van der Waals surface area contributed by atoms with E-state index in [2.05, 4.69) is 85.8 Å². The lowest BCUT2D eigenvalue weighted by molar-refractivity contribution is -0.123. The normalized spacial score (nSPS) is 17.5. The zero-order valence-electron chi connectivity index (χ0n) is 42.4. The maximum absolute atomic E-state index is 13.0. The first-order valence-corrected chi connectivity index (χ1v) is 25.0. The van der Waals surface area contributed by atoms with E-state index < -0.39 is 46.7 Å². The van der Waals surface area contributed by atoms with Crippen molar-refractivity contribution in [3.8, 4) is 35.7 Å². The second-order valence-corrected chi connectivity index (χ2v) is 19.7. The number of ether oxygens (including phenoxy) is 3. The number of nitrogens with one attached hydrogen (secondary N) is 6. The van der Waals surface area contributed by atoms with E-state index in [-0.39, 0.29) is 48.1 Å². The van der Waals surface area contributed by atoms with Gasteiger partial charge in [-0.25, -0.2) is 18.8 Å². The molecule has 404 valence electrons. The van der Waals surface area contributed by atoms with Gasteiger partial charge in [0.2, 0.25) is 5.54 Å². The van der Waals surface area contributed by atoms with E-state index in [1.807, 2.05) is 19.2 Å². The first-order valence-electron chi connectivity index (χ1n) is 23.4. The van der Waals surface area contributed by atoms with Gasteiger partial charge in [0, 0.05) is 52.8 Å². The van der Waals surface area contributed by atoms with Crippen LogP contribution < -0.4 is 41.9 Å². The number of fused-ring (bicyclic) bond motifs is 4. The van der Waals surface area contributed by atoms with Crippen LogP contribution >= 0.6 is 31.9 Å². The van der Waals surface area contributed by atoms with Gasteiger partial charge in [0.1, 0.15) is 17.3 Å². The van der Waals surface area contributed by atoms with Gasteiger partial charge >= 0.3 is 18.0 Å². The van der Waals surface area contributed by atoms with Crippen LogP contribution in [-0.2, 0) is 41.5 Å². The predicted molar refractivity (Wildman–Crippen MR) is 290 cm³/mol. The Morgan fingerprint density at radius 3 is 1.61 bits per heavy atom. The summed E-state index contributed by atoms with van der Waals surface area (Å²) in [5.41, 5.74) is 1.28. The molecule has 4 aliphatic rings. The zero-order chi connectivity index (χ0) is 57.1. The quantitative estimate of drug-likeness (QED) is 0.0740. The number of rotatable bonds is 7. The summed E-state index contributed by atoms with van der Waals surface area (Å²) in [5.74, 6) is 6.18.